The van der Waals surface area contributed by atoms with Gasteiger partial charge < -0.3 is 5.32 Å². The molecule has 0 saturated carbocycles. The van der Waals surface area contributed by atoms with Gasteiger partial charge in [0.1, 0.15) is 5.82 Å². The van der Waals surface area contributed by atoms with Crippen molar-refractivity contribution in [1.29, 1.82) is 5.26 Å². The van der Waals surface area contributed by atoms with Gasteiger partial charge in [0.05, 0.1) is 11.6 Å². The summed E-state index contributed by atoms with van der Waals surface area (Å²) in [7, 11) is 0. The molecule has 0 fully saturated rings. The van der Waals surface area contributed by atoms with Gasteiger partial charge in [0.25, 0.3) is 0 Å². The van der Waals surface area contributed by atoms with Gasteiger partial charge in [0.2, 0.25) is 0 Å². The van der Waals surface area contributed by atoms with Gasteiger partial charge in [-0.25, -0.2) is 4.39 Å². The summed E-state index contributed by atoms with van der Waals surface area (Å²) < 4.78 is 13.5. The molecule has 0 bridgehead atoms. The van der Waals surface area contributed by atoms with Crippen molar-refractivity contribution in [1.82, 2.24) is 0 Å². The van der Waals surface area contributed by atoms with Crippen molar-refractivity contribution in [2.45, 2.75) is 6.54 Å². The molecule has 2 rings (SSSR count). The Morgan fingerprint density at radius 2 is 1.88 bits per heavy atom. The Balaban J connectivity index is 2.12. The van der Waals surface area contributed by atoms with Crippen molar-refractivity contribution in [3.05, 3.63) is 65.5 Å². The molecule has 0 radical (unpaired) electrons. The molecule has 0 unspecified atom stereocenters. The number of hydrogen-bond acceptors (Lipinski definition) is 2. The van der Waals surface area contributed by atoms with Crippen LogP contribution in [0.4, 0.5) is 10.1 Å². The number of anilines is 1. The quantitative estimate of drug-likeness (QED) is 0.871. The normalized spacial score (nSPS) is 9.65. The van der Waals surface area contributed by atoms with E-state index in [1.54, 1.807) is 6.07 Å². The van der Waals surface area contributed by atoms with Crippen molar-refractivity contribution >= 4 is 5.69 Å². The zero-order chi connectivity index (χ0) is 12.1. The summed E-state index contributed by atoms with van der Waals surface area (Å²) in [5, 5.41) is 11.8. The third-order valence-electron chi connectivity index (χ3n) is 2.43. The fourth-order valence-corrected chi connectivity index (χ4v) is 1.53. The van der Waals surface area contributed by atoms with E-state index in [0.717, 1.165) is 5.69 Å². The number of halogens is 1. The maximum absolute atomic E-state index is 13.5. The molecule has 3 heteroatoms. The summed E-state index contributed by atoms with van der Waals surface area (Å²) in [5.41, 5.74) is 1.89. The van der Waals surface area contributed by atoms with E-state index in [1.165, 1.54) is 12.1 Å². The second-order valence-corrected chi connectivity index (χ2v) is 3.64. The number of benzene rings is 2. The third kappa shape index (κ3) is 2.82. The molecule has 2 nitrogen and oxygen atoms in total. The topological polar surface area (TPSA) is 35.8 Å². The van der Waals surface area contributed by atoms with E-state index in [1.807, 2.05) is 36.4 Å². The molecule has 0 atom stereocenters. The molecular weight excluding hydrogens is 215 g/mol. The standard InChI is InChI=1S/C14H11FN2/c15-14-7-6-11(9-16)8-12(14)10-17-13-4-2-1-3-5-13/h1-8,17H,10H2. The molecule has 0 spiro atoms. The Bertz CT molecular complexity index is 544. The molecule has 17 heavy (non-hydrogen) atoms. The lowest BCUT2D eigenvalue weighted by molar-refractivity contribution is 0.612. The molecule has 0 aliphatic heterocycles. The van der Waals surface area contributed by atoms with Gasteiger partial charge in [0.15, 0.2) is 0 Å². The van der Waals surface area contributed by atoms with Crippen molar-refractivity contribution in [2.24, 2.45) is 0 Å². The first-order chi connectivity index (χ1) is 8.29. The Labute approximate surface area is 99.3 Å². The fraction of sp³-hybridized carbons (Fsp3) is 0.0714. The summed E-state index contributed by atoms with van der Waals surface area (Å²) in [5.74, 6) is -0.299. The second kappa shape index (κ2) is 5.13. The summed E-state index contributed by atoms with van der Waals surface area (Å²) >= 11 is 0. The minimum Gasteiger partial charge on any atom is -0.381 e. The highest BCUT2D eigenvalue weighted by Crippen LogP contribution is 2.13. The van der Waals surface area contributed by atoms with Crippen LogP contribution in [0.25, 0.3) is 0 Å². The lowest BCUT2D eigenvalue weighted by Gasteiger charge is -2.07. The molecule has 1 N–H and O–H groups in total. The number of nitriles is 1. The van der Waals surface area contributed by atoms with E-state index in [0.29, 0.717) is 17.7 Å². The van der Waals surface area contributed by atoms with Crippen LogP contribution < -0.4 is 5.32 Å². The van der Waals surface area contributed by atoms with E-state index >= 15 is 0 Å². The van der Waals surface area contributed by atoms with Gasteiger partial charge in [-0.3, -0.25) is 0 Å². The van der Waals surface area contributed by atoms with Gasteiger partial charge in [0, 0.05) is 17.8 Å². The van der Waals surface area contributed by atoms with Crippen LogP contribution in [0.1, 0.15) is 11.1 Å². The van der Waals surface area contributed by atoms with Crippen LogP contribution in [0.2, 0.25) is 0 Å². The van der Waals surface area contributed by atoms with E-state index in [2.05, 4.69) is 5.32 Å². The SMILES string of the molecule is N#Cc1ccc(F)c(CNc2ccccc2)c1. The average molecular weight is 226 g/mol. The van der Waals surface area contributed by atoms with Crippen molar-refractivity contribution in [2.75, 3.05) is 5.32 Å². The molecule has 0 heterocycles. The molecule has 0 aliphatic rings. The van der Waals surface area contributed by atoms with Gasteiger partial charge in [-0.05, 0) is 30.3 Å². The first-order valence-electron chi connectivity index (χ1n) is 5.27. The van der Waals surface area contributed by atoms with E-state index in [4.69, 9.17) is 5.26 Å². The molecule has 0 amide bonds. The third-order valence-corrected chi connectivity index (χ3v) is 2.43. The van der Waals surface area contributed by atoms with Crippen LogP contribution in [-0.4, -0.2) is 0 Å². The number of nitrogens with zero attached hydrogens (tertiary/aromatic N) is 1. The summed E-state index contributed by atoms with van der Waals surface area (Å²) in [4.78, 5) is 0. The van der Waals surface area contributed by atoms with Crippen LogP contribution in [0, 0.1) is 17.1 Å². The van der Waals surface area contributed by atoms with Crippen molar-refractivity contribution in [3.8, 4) is 6.07 Å². The highest BCUT2D eigenvalue weighted by Gasteiger charge is 2.03. The highest BCUT2D eigenvalue weighted by molar-refractivity contribution is 5.44. The predicted octanol–water partition coefficient (Wildman–Crippen LogP) is 3.31. The fourth-order valence-electron chi connectivity index (χ4n) is 1.53. The van der Waals surface area contributed by atoms with Gasteiger partial charge in [-0.2, -0.15) is 5.26 Å². The first-order valence-corrected chi connectivity index (χ1v) is 5.27. The monoisotopic (exact) mass is 226 g/mol. The zero-order valence-electron chi connectivity index (χ0n) is 9.15. The van der Waals surface area contributed by atoms with Crippen LogP contribution >= 0.6 is 0 Å². The number of hydrogen-bond donors (Lipinski definition) is 1. The average Bonchev–Trinajstić information content (AvgIpc) is 2.39. The molecule has 2 aromatic carbocycles. The minimum absolute atomic E-state index is 0.299. The van der Waals surface area contributed by atoms with Crippen LogP contribution in [0.15, 0.2) is 48.5 Å². The molecule has 84 valence electrons. The van der Waals surface area contributed by atoms with Crippen molar-refractivity contribution in [3.63, 3.8) is 0 Å². The maximum Gasteiger partial charge on any atom is 0.128 e. The lowest BCUT2D eigenvalue weighted by Crippen LogP contribution is -2.02. The molecular formula is C14H11FN2. The minimum atomic E-state index is -0.299. The van der Waals surface area contributed by atoms with Crippen LogP contribution in [0.3, 0.4) is 0 Å². The van der Waals surface area contributed by atoms with E-state index in [-0.39, 0.29) is 5.82 Å². The Morgan fingerprint density at radius 1 is 1.12 bits per heavy atom. The van der Waals surface area contributed by atoms with Gasteiger partial charge >= 0.3 is 0 Å². The Morgan fingerprint density at radius 3 is 2.59 bits per heavy atom. The smallest absolute Gasteiger partial charge is 0.128 e. The molecule has 0 aromatic heterocycles. The van der Waals surface area contributed by atoms with Crippen LogP contribution in [0.5, 0.6) is 0 Å². The first kappa shape index (κ1) is 11.2. The van der Waals surface area contributed by atoms with E-state index < -0.39 is 0 Å². The molecule has 0 aliphatic carbocycles. The van der Waals surface area contributed by atoms with E-state index in [9.17, 15) is 4.39 Å². The number of rotatable bonds is 3. The van der Waals surface area contributed by atoms with Crippen LogP contribution in [-0.2, 0) is 6.54 Å². The Hall–Kier alpha value is -2.34. The van der Waals surface area contributed by atoms with Gasteiger partial charge in [-0.1, -0.05) is 18.2 Å². The number of nitrogens with one attached hydrogen (secondary N) is 1. The largest absolute Gasteiger partial charge is 0.381 e. The predicted molar refractivity (Wildman–Crippen MR) is 64.9 cm³/mol. The van der Waals surface area contributed by atoms with Crippen molar-refractivity contribution < 1.29 is 4.39 Å². The summed E-state index contributed by atoms with van der Waals surface area (Å²) in [6.45, 7) is 0.366. The molecule has 2 aromatic rings. The number of para-hydroxylation sites is 1. The van der Waals surface area contributed by atoms with Gasteiger partial charge in [-0.15, -0.1) is 0 Å². The summed E-state index contributed by atoms with van der Waals surface area (Å²) in [6, 6.07) is 15.9. The Kier molecular flexibility index (Phi) is 3.37. The maximum atomic E-state index is 13.5. The highest BCUT2D eigenvalue weighted by atomic mass is 19.1. The summed E-state index contributed by atoms with van der Waals surface area (Å²) in [6.07, 6.45) is 0. The molecule has 0 saturated heterocycles. The lowest BCUT2D eigenvalue weighted by atomic mass is 10.1. The zero-order valence-corrected chi connectivity index (χ0v) is 9.15. The second-order valence-electron chi connectivity index (χ2n) is 3.64.